The van der Waals surface area contributed by atoms with E-state index in [4.69, 9.17) is 9.15 Å². The van der Waals surface area contributed by atoms with E-state index in [1.807, 2.05) is 6.26 Å². The van der Waals surface area contributed by atoms with Gasteiger partial charge >= 0.3 is 0 Å². The maximum Gasteiger partial charge on any atom is 0.0937 e. The Labute approximate surface area is 98.0 Å². The molecule has 0 bridgehead atoms. The van der Waals surface area contributed by atoms with Crippen LogP contribution in [0.2, 0.25) is 0 Å². The maximum absolute atomic E-state index is 5.46. The first-order valence-corrected chi connectivity index (χ1v) is 6.19. The molecule has 0 N–H and O–H groups in total. The first-order valence-electron chi connectivity index (χ1n) is 6.19. The molecule has 16 heavy (non-hydrogen) atoms. The summed E-state index contributed by atoms with van der Waals surface area (Å²) in [6, 6.07) is 2.12. The summed E-state index contributed by atoms with van der Waals surface area (Å²) in [6.45, 7) is 8.78. The Kier molecular flexibility index (Phi) is 3.38. The second-order valence-corrected chi connectivity index (χ2v) is 5.85. The fourth-order valence-corrected chi connectivity index (χ4v) is 2.98. The summed E-state index contributed by atoms with van der Waals surface area (Å²) in [4.78, 5) is 0. The van der Waals surface area contributed by atoms with Crippen LogP contribution in [0.4, 0.5) is 0 Å². The number of hydrogen-bond acceptors (Lipinski definition) is 2. The molecule has 1 fully saturated rings. The van der Waals surface area contributed by atoms with Crippen LogP contribution in [0.1, 0.15) is 45.1 Å². The van der Waals surface area contributed by atoms with Gasteiger partial charge in [0.1, 0.15) is 0 Å². The molecule has 1 aromatic rings. The summed E-state index contributed by atoms with van der Waals surface area (Å²) < 4.78 is 10.7. The van der Waals surface area contributed by atoms with E-state index in [2.05, 4.69) is 26.8 Å². The zero-order valence-electron chi connectivity index (χ0n) is 10.5. The van der Waals surface area contributed by atoms with Gasteiger partial charge in [0.25, 0.3) is 0 Å². The van der Waals surface area contributed by atoms with Crippen LogP contribution >= 0.6 is 0 Å². The third kappa shape index (κ3) is 2.49. The van der Waals surface area contributed by atoms with E-state index in [9.17, 15) is 0 Å². The van der Waals surface area contributed by atoms with Gasteiger partial charge in [0.15, 0.2) is 0 Å². The van der Waals surface area contributed by atoms with E-state index in [0.29, 0.717) is 5.92 Å². The Hall–Kier alpha value is -0.760. The highest BCUT2D eigenvalue weighted by Crippen LogP contribution is 2.44. The van der Waals surface area contributed by atoms with Crippen molar-refractivity contribution in [3.05, 3.63) is 24.2 Å². The van der Waals surface area contributed by atoms with Gasteiger partial charge in [-0.25, -0.2) is 0 Å². The van der Waals surface area contributed by atoms with Crippen LogP contribution in [-0.2, 0) is 4.74 Å². The highest BCUT2D eigenvalue weighted by atomic mass is 16.5. The van der Waals surface area contributed by atoms with E-state index >= 15 is 0 Å². The largest absolute Gasteiger partial charge is 0.472 e. The average molecular weight is 222 g/mol. The van der Waals surface area contributed by atoms with E-state index in [1.54, 1.807) is 6.26 Å². The minimum Gasteiger partial charge on any atom is -0.472 e. The van der Waals surface area contributed by atoms with Crippen LogP contribution in [0.15, 0.2) is 23.0 Å². The summed E-state index contributed by atoms with van der Waals surface area (Å²) in [7, 11) is 0. The van der Waals surface area contributed by atoms with E-state index in [0.717, 1.165) is 19.1 Å². The zero-order valence-corrected chi connectivity index (χ0v) is 10.5. The molecule has 0 aromatic carbocycles. The molecule has 1 unspecified atom stereocenters. The highest BCUT2D eigenvalue weighted by molar-refractivity contribution is 5.17. The molecule has 2 heteroatoms. The molecular formula is C14H22O2. The Balaban J connectivity index is 2.21. The van der Waals surface area contributed by atoms with E-state index in [-0.39, 0.29) is 5.41 Å². The highest BCUT2D eigenvalue weighted by Gasteiger charge is 2.34. The quantitative estimate of drug-likeness (QED) is 0.758. The first kappa shape index (κ1) is 11.7. The first-order chi connectivity index (χ1) is 7.59. The van der Waals surface area contributed by atoms with Gasteiger partial charge in [0.2, 0.25) is 0 Å². The molecule has 1 aliphatic rings. The summed E-state index contributed by atoms with van der Waals surface area (Å²) in [5.41, 5.74) is 1.63. The smallest absolute Gasteiger partial charge is 0.0937 e. The SMILES string of the molecule is CC(C)(C)C(c1ccoc1)C1CCOCC1. The lowest BCUT2D eigenvalue weighted by molar-refractivity contribution is 0.0418. The Bertz CT molecular complexity index is 302. The summed E-state index contributed by atoms with van der Waals surface area (Å²) in [5.74, 6) is 1.31. The lowest BCUT2D eigenvalue weighted by Gasteiger charge is -2.38. The van der Waals surface area contributed by atoms with Gasteiger partial charge < -0.3 is 9.15 Å². The fraction of sp³-hybridized carbons (Fsp3) is 0.714. The molecule has 0 spiro atoms. The summed E-state index contributed by atoms with van der Waals surface area (Å²) in [5, 5.41) is 0. The molecule has 2 rings (SSSR count). The van der Waals surface area contributed by atoms with Crippen LogP contribution in [0.3, 0.4) is 0 Å². The third-order valence-electron chi connectivity index (χ3n) is 3.57. The number of furan rings is 1. The van der Waals surface area contributed by atoms with Crippen molar-refractivity contribution in [3.8, 4) is 0 Å². The van der Waals surface area contributed by atoms with Crippen LogP contribution in [0.5, 0.6) is 0 Å². The Morgan fingerprint density at radius 1 is 1.25 bits per heavy atom. The molecule has 1 aromatic heterocycles. The van der Waals surface area contributed by atoms with Crippen molar-refractivity contribution in [2.75, 3.05) is 13.2 Å². The average Bonchev–Trinajstić information content (AvgIpc) is 2.71. The maximum atomic E-state index is 5.46. The minimum atomic E-state index is 0.284. The van der Waals surface area contributed by atoms with Crippen LogP contribution in [0.25, 0.3) is 0 Å². The van der Waals surface area contributed by atoms with Gasteiger partial charge in [-0.1, -0.05) is 20.8 Å². The van der Waals surface area contributed by atoms with Gasteiger partial charge in [0, 0.05) is 13.2 Å². The standard InChI is InChI=1S/C14H22O2/c1-14(2,3)13(12-6-9-16-10-12)11-4-7-15-8-5-11/h6,9-11,13H,4-5,7-8H2,1-3H3. The third-order valence-corrected chi connectivity index (χ3v) is 3.57. The van der Waals surface area contributed by atoms with E-state index in [1.165, 1.54) is 18.4 Å². The summed E-state index contributed by atoms with van der Waals surface area (Å²) >= 11 is 0. The molecule has 0 aliphatic carbocycles. The fourth-order valence-electron chi connectivity index (χ4n) is 2.98. The van der Waals surface area contributed by atoms with Crippen LogP contribution in [-0.4, -0.2) is 13.2 Å². The van der Waals surface area contributed by atoms with Crippen molar-refractivity contribution in [2.45, 2.75) is 39.5 Å². The number of hydrogen-bond donors (Lipinski definition) is 0. The lowest BCUT2D eigenvalue weighted by atomic mass is 9.68. The minimum absolute atomic E-state index is 0.284. The number of ether oxygens (including phenoxy) is 1. The van der Waals surface area contributed by atoms with Crippen LogP contribution < -0.4 is 0 Å². The molecule has 2 nitrogen and oxygen atoms in total. The molecule has 1 saturated heterocycles. The molecule has 0 radical (unpaired) electrons. The summed E-state index contributed by atoms with van der Waals surface area (Å²) in [6.07, 6.45) is 6.04. The second-order valence-electron chi connectivity index (χ2n) is 5.85. The van der Waals surface area contributed by atoms with Crippen molar-refractivity contribution >= 4 is 0 Å². The molecule has 0 amide bonds. The predicted molar refractivity (Wildman–Crippen MR) is 64.4 cm³/mol. The molecular weight excluding hydrogens is 200 g/mol. The van der Waals surface area contributed by atoms with Gasteiger partial charge in [-0.3, -0.25) is 0 Å². The molecule has 2 heterocycles. The molecule has 0 saturated carbocycles. The van der Waals surface area contributed by atoms with Crippen molar-refractivity contribution in [3.63, 3.8) is 0 Å². The molecule has 90 valence electrons. The molecule has 1 aliphatic heterocycles. The van der Waals surface area contributed by atoms with E-state index < -0.39 is 0 Å². The van der Waals surface area contributed by atoms with Crippen LogP contribution in [0, 0.1) is 11.3 Å². The normalized spacial score (nSPS) is 20.9. The number of rotatable bonds is 2. The zero-order chi connectivity index (χ0) is 11.6. The Morgan fingerprint density at radius 2 is 1.94 bits per heavy atom. The predicted octanol–water partition coefficient (Wildman–Crippen LogP) is 3.84. The monoisotopic (exact) mass is 222 g/mol. The second kappa shape index (κ2) is 4.62. The van der Waals surface area contributed by atoms with Crippen molar-refractivity contribution in [2.24, 2.45) is 11.3 Å². The topological polar surface area (TPSA) is 22.4 Å². The van der Waals surface area contributed by atoms with Crippen molar-refractivity contribution in [1.29, 1.82) is 0 Å². The lowest BCUT2D eigenvalue weighted by Crippen LogP contribution is -2.30. The van der Waals surface area contributed by atoms with Gasteiger partial charge in [-0.15, -0.1) is 0 Å². The van der Waals surface area contributed by atoms with Crippen molar-refractivity contribution in [1.82, 2.24) is 0 Å². The Morgan fingerprint density at radius 3 is 2.44 bits per heavy atom. The van der Waals surface area contributed by atoms with Crippen molar-refractivity contribution < 1.29 is 9.15 Å². The van der Waals surface area contributed by atoms with Gasteiger partial charge in [0.05, 0.1) is 12.5 Å². The van der Waals surface area contributed by atoms with Gasteiger partial charge in [-0.2, -0.15) is 0 Å². The van der Waals surface area contributed by atoms with Gasteiger partial charge in [-0.05, 0) is 41.7 Å². The molecule has 1 atom stereocenters.